The zero-order valence-corrected chi connectivity index (χ0v) is 12.8. The van der Waals surface area contributed by atoms with E-state index in [1.807, 2.05) is 42.5 Å². The molecule has 3 N–H and O–H groups in total. The summed E-state index contributed by atoms with van der Waals surface area (Å²) in [4.78, 5) is 17.2. The largest absolute Gasteiger partial charge is 0.494 e. The lowest BCUT2D eigenvalue weighted by Crippen LogP contribution is -2.31. The highest BCUT2D eigenvalue weighted by Crippen LogP contribution is 2.37. The molecular weight excluding hydrogens is 298 g/mol. The second-order valence-electron chi connectivity index (χ2n) is 4.67. The van der Waals surface area contributed by atoms with Gasteiger partial charge in [-0.2, -0.15) is 0 Å². The Labute approximate surface area is 131 Å². The zero-order chi connectivity index (χ0) is 15.5. The number of aromatic nitrogens is 1. The Bertz CT molecular complexity index is 851. The van der Waals surface area contributed by atoms with Crippen LogP contribution in [0.2, 0.25) is 0 Å². The molecule has 0 radical (unpaired) electrons. The smallest absolute Gasteiger partial charge is 0.244 e. The van der Waals surface area contributed by atoms with Crippen molar-refractivity contribution in [1.29, 1.82) is 0 Å². The highest BCUT2D eigenvalue weighted by molar-refractivity contribution is 8.00. The Kier molecular flexibility index (Phi) is 4.13. The third-order valence-corrected chi connectivity index (χ3v) is 4.49. The third kappa shape index (κ3) is 2.58. The number of hydrazine groups is 1. The predicted octanol–water partition coefficient (Wildman–Crippen LogP) is 2.48. The van der Waals surface area contributed by atoms with Gasteiger partial charge in [0, 0.05) is 15.7 Å². The molecule has 1 heterocycles. The number of carbonyl (C=O) groups is 1. The normalized spacial score (nSPS) is 10.8. The molecule has 0 aliphatic rings. The molecule has 0 saturated carbocycles. The second-order valence-corrected chi connectivity index (χ2v) is 5.66. The molecule has 1 aromatic heterocycles. The van der Waals surface area contributed by atoms with Crippen molar-refractivity contribution in [2.75, 3.05) is 12.9 Å². The van der Waals surface area contributed by atoms with E-state index in [9.17, 15) is 4.79 Å². The number of rotatable bonds is 4. The summed E-state index contributed by atoms with van der Waals surface area (Å²) < 4.78 is 5.41. The van der Waals surface area contributed by atoms with Crippen LogP contribution in [-0.4, -0.2) is 23.8 Å². The van der Waals surface area contributed by atoms with Crippen LogP contribution < -0.4 is 16.0 Å². The third-order valence-electron chi connectivity index (χ3n) is 3.35. The van der Waals surface area contributed by atoms with Crippen LogP contribution >= 0.6 is 11.8 Å². The number of nitrogens with one attached hydrogen (secondary N) is 1. The maximum Gasteiger partial charge on any atom is 0.244 e. The summed E-state index contributed by atoms with van der Waals surface area (Å²) in [5.41, 5.74) is 3.82. The van der Waals surface area contributed by atoms with Gasteiger partial charge in [0.1, 0.15) is 11.3 Å². The van der Waals surface area contributed by atoms with Crippen molar-refractivity contribution in [2.45, 2.75) is 4.90 Å². The maximum absolute atomic E-state index is 11.5. The minimum absolute atomic E-state index is 0.220. The van der Waals surface area contributed by atoms with E-state index in [-0.39, 0.29) is 11.7 Å². The number of benzene rings is 2. The number of hydrogen-bond acceptors (Lipinski definition) is 5. The van der Waals surface area contributed by atoms with Gasteiger partial charge in [-0.1, -0.05) is 30.3 Å². The van der Waals surface area contributed by atoms with Crippen LogP contribution in [0.3, 0.4) is 0 Å². The van der Waals surface area contributed by atoms with Crippen molar-refractivity contribution < 1.29 is 9.53 Å². The first-order chi connectivity index (χ1) is 10.7. The summed E-state index contributed by atoms with van der Waals surface area (Å²) in [6.45, 7) is 0. The number of nitrogens with zero attached hydrogens (tertiary/aromatic N) is 1. The van der Waals surface area contributed by atoms with Crippen LogP contribution in [-0.2, 0) is 4.79 Å². The standard InChI is InChI=1S/C16H15N3O2S/c1-21-13-8-4-6-11-15(13)18-12-7-3-2-5-10(12)16(11)22-9-14(20)19-17/h2-8H,9,17H2,1H3,(H,19,20). The predicted molar refractivity (Wildman–Crippen MR) is 88.9 cm³/mol. The van der Waals surface area contributed by atoms with Crippen molar-refractivity contribution in [3.05, 3.63) is 42.5 Å². The maximum atomic E-state index is 11.5. The number of methoxy groups -OCH3 is 1. The number of para-hydroxylation sites is 2. The topological polar surface area (TPSA) is 77.2 Å². The van der Waals surface area contributed by atoms with E-state index in [0.29, 0.717) is 5.75 Å². The minimum atomic E-state index is -0.220. The molecule has 22 heavy (non-hydrogen) atoms. The van der Waals surface area contributed by atoms with Crippen LogP contribution in [0, 0.1) is 0 Å². The number of hydrogen-bond donors (Lipinski definition) is 2. The highest BCUT2D eigenvalue weighted by atomic mass is 32.2. The van der Waals surface area contributed by atoms with Gasteiger partial charge in [0.2, 0.25) is 5.91 Å². The van der Waals surface area contributed by atoms with Gasteiger partial charge in [-0.25, -0.2) is 10.8 Å². The minimum Gasteiger partial charge on any atom is -0.494 e. The van der Waals surface area contributed by atoms with Crippen LogP contribution in [0.5, 0.6) is 5.75 Å². The first kappa shape index (κ1) is 14.6. The Hall–Kier alpha value is -2.31. The number of pyridine rings is 1. The van der Waals surface area contributed by atoms with Gasteiger partial charge in [-0.05, 0) is 12.1 Å². The van der Waals surface area contributed by atoms with E-state index >= 15 is 0 Å². The number of carbonyl (C=O) groups excluding carboxylic acids is 1. The molecule has 0 aliphatic heterocycles. The Morgan fingerprint density at radius 3 is 2.77 bits per heavy atom. The lowest BCUT2D eigenvalue weighted by molar-refractivity contribution is -0.118. The number of amides is 1. The summed E-state index contributed by atoms with van der Waals surface area (Å²) in [7, 11) is 1.63. The van der Waals surface area contributed by atoms with Crippen molar-refractivity contribution in [1.82, 2.24) is 10.4 Å². The lowest BCUT2D eigenvalue weighted by atomic mass is 10.1. The van der Waals surface area contributed by atoms with Crippen LogP contribution in [0.4, 0.5) is 0 Å². The van der Waals surface area contributed by atoms with Crippen molar-refractivity contribution >= 4 is 39.5 Å². The molecule has 2 aromatic carbocycles. The first-order valence-corrected chi connectivity index (χ1v) is 7.71. The Morgan fingerprint density at radius 2 is 2.00 bits per heavy atom. The molecule has 3 rings (SSSR count). The van der Waals surface area contributed by atoms with E-state index in [2.05, 4.69) is 5.43 Å². The molecule has 0 bridgehead atoms. The lowest BCUT2D eigenvalue weighted by Gasteiger charge is -2.12. The molecule has 0 spiro atoms. The summed E-state index contributed by atoms with van der Waals surface area (Å²) in [5.74, 6) is 5.90. The van der Waals surface area contributed by atoms with Crippen LogP contribution in [0.25, 0.3) is 21.8 Å². The van der Waals surface area contributed by atoms with Crippen molar-refractivity contribution in [2.24, 2.45) is 5.84 Å². The molecule has 1 amide bonds. The van der Waals surface area contributed by atoms with Gasteiger partial charge < -0.3 is 4.74 Å². The molecule has 5 nitrogen and oxygen atoms in total. The van der Waals surface area contributed by atoms with Gasteiger partial charge in [-0.3, -0.25) is 10.2 Å². The molecule has 112 valence electrons. The zero-order valence-electron chi connectivity index (χ0n) is 12.0. The summed E-state index contributed by atoms with van der Waals surface area (Å²) in [6.07, 6.45) is 0. The van der Waals surface area contributed by atoms with Gasteiger partial charge in [-0.15, -0.1) is 11.8 Å². The molecule has 0 atom stereocenters. The van der Waals surface area contributed by atoms with Gasteiger partial charge >= 0.3 is 0 Å². The van der Waals surface area contributed by atoms with E-state index < -0.39 is 0 Å². The Balaban J connectivity index is 2.25. The molecule has 0 saturated heterocycles. The Morgan fingerprint density at radius 1 is 1.23 bits per heavy atom. The fourth-order valence-corrected chi connectivity index (χ4v) is 3.36. The number of fused-ring (bicyclic) bond motifs is 2. The molecule has 0 unspecified atom stereocenters. The van der Waals surface area contributed by atoms with E-state index in [1.54, 1.807) is 7.11 Å². The number of thioether (sulfide) groups is 1. The van der Waals surface area contributed by atoms with Gasteiger partial charge in [0.25, 0.3) is 0 Å². The first-order valence-electron chi connectivity index (χ1n) is 6.72. The molecular formula is C16H15N3O2S. The van der Waals surface area contributed by atoms with E-state index in [0.717, 1.165) is 26.7 Å². The highest BCUT2D eigenvalue weighted by Gasteiger charge is 2.13. The van der Waals surface area contributed by atoms with Crippen LogP contribution in [0.15, 0.2) is 47.4 Å². The summed E-state index contributed by atoms with van der Waals surface area (Å²) in [5, 5.41) is 1.98. The average Bonchev–Trinajstić information content (AvgIpc) is 2.57. The van der Waals surface area contributed by atoms with E-state index in [1.165, 1.54) is 11.8 Å². The van der Waals surface area contributed by atoms with Gasteiger partial charge in [0.15, 0.2) is 0 Å². The number of ether oxygens (including phenoxy) is 1. The van der Waals surface area contributed by atoms with Gasteiger partial charge in [0.05, 0.1) is 18.4 Å². The van der Waals surface area contributed by atoms with Crippen molar-refractivity contribution in [3.63, 3.8) is 0 Å². The quantitative estimate of drug-likeness (QED) is 0.254. The molecule has 6 heteroatoms. The van der Waals surface area contributed by atoms with E-state index in [4.69, 9.17) is 15.6 Å². The molecule has 0 fully saturated rings. The molecule has 0 aliphatic carbocycles. The fourth-order valence-electron chi connectivity index (χ4n) is 2.35. The van der Waals surface area contributed by atoms with Crippen LogP contribution in [0.1, 0.15) is 0 Å². The number of nitrogens with two attached hydrogens (primary N) is 1. The monoisotopic (exact) mass is 313 g/mol. The summed E-state index contributed by atoms with van der Waals surface area (Å²) >= 11 is 1.44. The second kappa shape index (κ2) is 6.21. The molecule has 3 aromatic rings. The summed E-state index contributed by atoms with van der Waals surface area (Å²) in [6, 6.07) is 13.6. The fraction of sp³-hybridized carbons (Fsp3) is 0.125. The van der Waals surface area contributed by atoms with Crippen molar-refractivity contribution in [3.8, 4) is 5.75 Å². The SMILES string of the molecule is COc1cccc2c(SCC(=O)NN)c3ccccc3nc12. The average molecular weight is 313 g/mol.